The normalized spacial score (nSPS) is 20.2. The van der Waals surface area contributed by atoms with Crippen molar-refractivity contribution in [1.29, 1.82) is 0 Å². The molecule has 21 heavy (non-hydrogen) atoms. The molecule has 1 fully saturated rings. The Labute approximate surface area is 124 Å². The molecule has 7 nitrogen and oxygen atoms in total. The zero-order chi connectivity index (χ0) is 14.7. The van der Waals surface area contributed by atoms with Crippen LogP contribution >= 0.6 is 0 Å². The van der Waals surface area contributed by atoms with Gasteiger partial charge in [0.05, 0.1) is 13.1 Å². The first-order valence-corrected chi connectivity index (χ1v) is 7.61. The van der Waals surface area contributed by atoms with Gasteiger partial charge in [0.1, 0.15) is 12.7 Å². The third kappa shape index (κ3) is 3.47. The number of hydrogen-bond donors (Lipinski definition) is 0. The summed E-state index contributed by atoms with van der Waals surface area (Å²) in [6.45, 7) is 6.81. The minimum absolute atomic E-state index is 0.276. The van der Waals surface area contributed by atoms with E-state index in [0.29, 0.717) is 6.04 Å². The Morgan fingerprint density at radius 3 is 3.00 bits per heavy atom. The monoisotopic (exact) mass is 290 g/mol. The SMILES string of the molecule is CC(C)c1nc(CN2CCCC[C@@H]2Cn2cncn2)no1. The molecule has 3 rings (SSSR count). The summed E-state index contributed by atoms with van der Waals surface area (Å²) >= 11 is 0. The molecule has 1 saturated heterocycles. The van der Waals surface area contributed by atoms with Crippen LogP contribution in [-0.2, 0) is 13.1 Å². The maximum atomic E-state index is 5.29. The molecule has 0 unspecified atom stereocenters. The predicted octanol–water partition coefficient (Wildman–Crippen LogP) is 1.84. The van der Waals surface area contributed by atoms with E-state index in [1.54, 1.807) is 12.7 Å². The fourth-order valence-corrected chi connectivity index (χ4v) is 2.77. The Bertz CT molecular complexity index is 550. The van der Waals surface area contributed by atoms with Crippen LogP contribution in [0.3, 0.4) is 0 Å². The summed E-state index contributed by atoms with van der Waals surface area (Å²) in [4.78, 5) is 10.9. The van der Waals surface area contributed by atoms with Crippen molar-refractivity contribution in [3.63, 3.8) is 0 Å². The van der Waals surface area contributed by atoms with Crippen LogP contribution in [0.5, 0.6) is 0 Å². The predicted molar refractivity (Wildman–Crippen MR) is 76.5 cm³/mol. The van der Waals surface area contributed by atoms with Crippen molar-refractivity contribution in [2.75, 3.05) is 6.54 Å². The first-order valence-electron chi connectivity index (χ1n) is 7.61. The van der Waals surface area contributed by atoms with Crippen molar-refractivity contribution in [1.82, 2.24) is 29.8 Å². The summed E-state index contributed by atoms with van der Waals surface area (Å²) in [7, 11) is 0. The van der Waals surface area contributed by atoms with Gasteiger partial charge in [0.2, 0.25) is 5.89 Å². The van der Waals surface area contributed by atoms with Crippen molar-refractivity contribution >= 4 is 0 Å². The molecule has 0 N–H and O–H groups in total. The van der Waals surface area contributed by atoms with Crippen molar-refractivity contribution in [2.24, 2.45) is 0 Å². The van der Waals surface area contributed by atoms with Crippen molar-refractivity contribution in [2.45, 2.75) is 58.2 Å². The number of rotatable bonds is 5. The third-order valence-corrected chi connectivity index (χ3v) is 3.94. The summed E-state index contributed by atoms with van der Waals surface area (Å²) in [5.41, 5.74) is 0. The minimum atomic E-state index is 0.276. The van der Waals surface area contributed by atoms with Crippen LogP contribution in [0.4, 0.5) is 0 Å². The van der Waals surface area contributed by atoms with Crippen LogP contribution in [-0.4, -0.2) is 42.4 Å². The number of nitrogens with zero attached hydrogens (tertiary/aromatic N) is 6. The lowest BCUT2D eigenvalue weighted by molar-refractivity contribution is 0.117. The molecule has 1 aliphatic heterocycles. The van der Waals surface area contributed by atoms with Gasteiger partial charge in [0.25, 0.3) is 0 Å². The number of aromatic nitrogens is 5. The average molecular weight is 290 g/mol. The van der Waals surface area contributed by atoms with Crippen molar-refractivity contribution in [3.8, 4) is 0 Å². The molecular weight excluding hydrogens is 268 g/mol. The largest absolute Gasteiger partial charge is 0.339 e. The van der Waals surface area contributed by atoms with Gasteiger partial charge < -0.3 is 4.52 Å². The van der Waals surface area contributed by atoms with E-state index >= 15 is 0 Å². The molecule has 0 saturated carbocycles. The molecule has 0 radical (unpaired) electrons. The number of piperidine rings is 1. The highest BCUT2D eigenvalue weighted by atomic mass is 16.5. The van der Waals surface area contributed by atoms with Gasteiger partial charge in [0.15, 0.2) is 5.82 Å². The Morgan fingerprint density at radius 2 is 2.29 bits per heavy atom. The highest BCUT2D eigenvalue weighted by Gasteiger charge is 2.24. The van der Waals surface area contributed by atoms with E-state index in [2.05, 4.69) is 39.0 Å². The molecule has 0 aromatic carbocycles. The Hall–Kier alpha value is -1.76. The Balaban J connectivity index is 1.65. The molecule has 0 aliphatic carbocycles. The molecule has 2 aromatic rings. The second-order valence-electron chi connectivity index (χ2n) is 5.94. The summed E-state index contributed by atoms with van der Waals surface area (Å²) in [5, 5.41) is 8.31. The maximum absolute atomic E-state index is 5.29. The van der Waals surface area contributed by atoms with Crippen LogP contribution in [0.2, 0.25) is 0 Å². The molecule has 3 heterocycles. The van der Waals surface area contributed by atoms with E-state index in [9.17, 15) is 0 Å². The molecule has 0 spiro atoms. The first kappa shape index (κ1) is 14.2. The lowest BCUT2D eigenvalue weighted by atomic mass is 10.0. The lowest BCUT2D eigenvalue weighted by Gasteiger charge is -2.34. The maximum Gasteiger partial charge on any atom is 0.229 e. The standard InChI is InChI=1S/C14H22N6O/c1-11(2)14-17-13(18-21-14)8-19-6-4-3-5-12(19)7-20-10-15-9-16-20/h9-12H,3-8H2,1-2H3/t12-/m1/s1. The summed E-state index contributed by atoms with van der Waals surface area (Å²) in [6.07, 6.45) is 7.02. The summed E-state index contributed by atoms with van der Waals surface area (Å²) < 4.78 is 7.19. The van der Waals surface area contributed by atoms with Crippen LogP contribution in [0, 0.1) is 0 Å². The van der Waals surface area contributed by atoms with Gasteiger partial charge in [-0.25, -0.2) is 4.98 Å². The van der Waals surface area contributed by atoms with Crippen molar-refractivity contribution in [3.05, 3.63) is 24.4 Å². The molecule has 0 amide bonds. The fourth-order valence-electron chi connectivity index (χ4n) is 2.77. The Kier molecular flexibility index (Phi) is 4.28. The third-order valence-electron chi connectivity index (χ3n) is 3.94. The van der Waals surface area contributed by atoms with Gasteiger partial charge in [-0.05, 0) is 19.4 Å². The van der Waals surface area contributed by atoms with E-state index in [0.717, 1.165) is 31.3 Å². The molecule has 1 atom stereocenters. The molecule has 2 aromatic heterocycles. The Morgan fingerprint density at radius 1 is 1.38 bits per heavy atom. The molecule has 0 bridgehead atoms. The van der Waals surface area contributed by atoms with Gasteiger partial charge in [-0.15, -0.1) is 0 Å². The zero-order valence-corrected chi connectivity index (χ0v) is 12.6. The average Bonchev–Trinajstić information content (AvgIpc) is 3.12. The number of likely N-dealkylation sites (tertiary alicyclic amines) is 1. The lowest BCUT2D eigenvalue weighted by Crippen LogP contribution is -2.41. The smallest absolute Gasteiger partial charge is 0.229 e. The molecule has 1 aliphatic rings. The quantitative estimate of drug-likeness (QED) is 0.836. The highest BCUT2D eigenvalue weighted by Crippen LogP contribution is 2.20. The second-order valence-corrected chi connectivity index (χ2v) is 5.94. The second kappa shape index (κ2) is 6.34. The highest BCUT2D eigenvalue weighted by molar-refractivity contribution is 4.92. The fraction of sp³-hybridized carbons (Fsp3) is 0.714. The van der Waals surface area contributed by atoms with Crippen LogP contribution in [0.1, 0.15) is 50.7 Å². The number of hydrogen-bond acceptors (Lipinski definition) is 6. The molecule has 7 heteroatoms. The van der Waals surface area contributed by atoms with E-state index in [4.69, 9.17) is 4.52 Å². The van der Waals surface area contributed by atoms with Crippen molar-refractivity contribution < 1.29 is 4.52 Å². The van der Waals surface area contributed by atoms with Gasteiger partial charge in [0, 0.05) is 12.0 Å². The topological polar surface area (TPSA) is 72.9 Å². The van der Waals surface area contributed by atoms with Gasteiger partial charge >= 0.3 is 0 Å². The first-order chi connectivity index (χ1) is 10.2. The molecular formula is C14H22N6O. The van der Waals surface area contributed by atoms with Crippen LogP contribution in [0.15, 0.2) is 17.2 Å². The van der Waals surface area contributed by atoms with E-state index < -0.39 is 0 Å². The summed E-state index contributed by atoms with van der Waals surface area (Å²) in [5.74, 6) is 1.78. The van der Waals surface area contributed by atoms with E-state index in [1.165, 1.54) is 19.3 Å². The van der Waals surface area contributed by atoms with Gasteiger partial charge in [-0.3, -0.25) is 9.58 Å². The van der Waals surface area contributed by atoms with E-state index in [1.807, 2.05) is 4.68 Å². The van der Waals surface area contributed by atoms with Gasteiger partial charge in [-0.1, -0.05) is 25.4 Å². The summed E-state index contributed by atoms with van der Waals surface area (Å²) in [6, 6.07) is 0.460. The van der Waals surface area contributed by atoms with E-state index in [-0.39, 0.29) is 5.92 Å². The van der Waals surface area contributed by atoms with Crippen LogP contribution in [0.25, 0.3) is 0 Å². The minimum Gasteiger partial charge on any atom is -0.339 e. The zero-order valence-electron chi connectivity index (χ0n) is 12.6. The van der Waals surface area contributed by atoms with Crippen LogP contribution < -0.4 is 0 Å². The van der Waals surface area contributed by atoms with Gasteiger partial charge in [-0.2, -0.15) is 10.1 Å². The molecule has 114 valence electrons.